The van der Waals surface area contributed by atoms with E-state index in [1.54, 1.807) is 18.5 Å². The van der Waals surface area contributed by atoms with Crippen molar-refractivity contribution in [3.63, 3.8) is 0 Å². The number of H-pyrrole nitrogens is 2. The van der Waals surface area contributed by atoms with Gasteiger partial charge in [0.1, 0.15) is 5.82 Å². The fourth-order valence-electron chi connectivity index (χ4n) is 2.09. The molecule has 0 bridgehead atoms. The number of non-ortho nitro benzene ring substituents is 1. The smallest absolute Gasteiger partial charge is 0.271 e. The Hall–Kier alpha value is -2.90. The number of hydrogen-bond donors (Lipinski definition) is 3. The summed E-state index contributed by atoms with van der Waals surface area (Å²) in [6.07, 6.45) is 5.29. The minimum absolute atomic E-state index is 0.0402. The standard InChI is InChI=1S/C13H14N6O2/c20-19(21)9-3-4-10-11(8-9)18-13(17-10)16-5-1-2-12-14-6-7-15-12/h3-4,6-8H,1-2,5H2,(H,14,15)(H2,16,17,18). The molecule has 3 aromatic rings. The summed E-state index contributed by atoms with van der Waals surface area (Å²) in [6, 6.07) is 4.58. The molecule has 0 saturated carbocycles. The number of benzene rings is 1. The molecule has 0 aliphatic rings. The topological polar surface area (TPSA) is 113 Å². The lowest BCUT2D eigenvalue weighted by Gasteiger charge is -2.00. The van der Waals surface area contributed by atoms with Crippen LogP contribution in [0.3, 0.4) is 0 Å². The highest BCUT2D eigenvalue weighted by Crippen LogP contribution is 2.20. The van der Waals surface area contributed by atoms with E-state index >= 15 is 0 Å². The van der Waals surface area contributed by atoms with E-state index in [9.17, 15) is 10.1 Å². The normalized spacial score (nSPS) is 10.9. The van der Waals surface area contributed by atoms with E-state index in [1.165, 1.54) is 12.1 Å². The maximum absolute atomic E-state index is 10.7. The van der Waals surface area contributed by atoms with E-state index in [4.69, 9.17) is 0 Å². The first-order valence-corrected chi connectivity index (χ1v) is 6.58. The van der Waals surface area contributed by atoms with E-state index in [0.29, 0.717) is 11.5 Å². The zero-order valence-corrected chi connectivity index (χ0v) is 11.2. The Morgan fingerprint density at radius 2 is 2.29 bits per heavy atom. The number of aromatic nitrogens is 4. The van der Waals surface area contributed by atoms with E-state index < -0.39 is 4.92 Å². The average Bonchev–Trinajstić information content (AvgIpc) is 3.11. The summed E-state index contributed by atoms with van der Waals surface area (Å²) in [5.74, 6) is 1.57. The Morgan fingerprint density at radius 3 is 3.05 bits per heavy atom. The van der Waals surface area contributed by atoms with Gasteiger partial charge in [0.2, 0.25) is 5.95 Å². The summed E-state index contributed by atoms with van der Waals surface area (Å²) >= 11 is 0. The molecule has 1 aromatic carbocycles. The first kappa shape index (κ1) is 13.1. The quantitative estimate of drug-likeness (QED) is 0.365. The van der Waals surface area contributed by atoms with Crippen LogP contribution in [-0.4, -0.2) is 31.4 Å². The highest BCUT2D eigenvalue weighted by molar-refractivity contribution is 5.79. The second-order valence-corrected chi connectivity index (χ2v) is 4.61. The largest absolute Gasteiger partial charge is 0.356 e. The molecule has 0 aliphatic carbocycles. The maximum atomic E-state index is 10.7. The van der Waals surface area contributed by atoms with Gasteiger partial charge in [0, 0.05) is 37.5 Å². The number of fused-ring (bicyclic) bond motifs is 1. The van der Waals surface area contributed by atoms with Crippen LogP contribution >= 0.6 is 0 Å². The Bertz CT molecular complexity index is 749. The van der Waals surface area contributed by atoms with Gasteiger partial charge < -0.3 is 15.3 Å². The van der Waals surface area contributed by atoms with Crippen molar-refractivity contribution in [3.8, 4) is 0 Å². The van der Waals surface area contributed by atoms with Crippen LogP contribution in [0.2, 0.25) is 0 Å². The van der Waals surface area contributed by atoms with Gasteiger partial charge in [-0.05, 0) is 12.5 Å². The number of nitro groups is 1. The zero-order valence-electron chi connectivity index (χ0n) is 11.2. The van der Waals surface area contributed by atoms with Crippen molar-refractivity contribution < 1.29 is 4.92 Å². The summed E-state index contributed by atoms with van der Waals surface area (Å²) in [6.45, 7) is 0.739. The van der Waals surface area contributed by atoms with Crippen LogP contribution in [0.15, 0.2) is 30.6 Å². The van der Waals surface area contributed by atoms with Crippen LogP contribution in [0.25, 0.3) is 11.0 Å². The van der Waals surface area contributed by atoms with Crippen molar-refractivity contribution in [3.05, 3.63) is 46.5 Å². The summed E-state index contributed by atoms with van der Waals surface area (Å²) in [5, 5.41) is 13.9. The van der Waals surface area contributed by atoms with E-state index in [0.717, 1.165) is 30.7 Å². The van der Waals surface area contributed by atoms with Gasteiger partial charge in [-0.3, -0.25) is 10.1 Å². The highest BCUT2D eigenvalue weighted by Gasteiger charge is 2.09. The molecule has 108 valence electrons. The number of hydrogen-bond acceptors (Lipinski definition) is 5. The molecule has 0 amide bonds. The van der Waals surface area contributed by atoms with Crippen molar-refractivity contribution in [2.75, 3.05) is 11.9 Å². The molecule has 2 heterocycles. The summed E-state index contributed by atoms with van der Waals surface area (Å²) in [7, 11) is 0. The van der Waals surface area contributed by atoms with E-state index in [1.807, 2.05) is 0 Å². The van der Waals surface area contributed by atoms with Crippen LogP contribution in [0.1, 0.15) is 12.2 Å². The number of imidazole rings is 2. The van der Waals surface area contributed by atoms with Gasteiger partial charge in [-0.25, -0.2) is 9.97 Å². The molecule has 0 spiro atoms. The van der Waals surface area contributed by atoms with Crippen LogP contribution in [0.4, 0.5) is 11.6 Å². The van der Waals surface area contributed by atoms with Gasteiger partial charge in [-0.2, -0.15) is 0 Å². The molecule has 8 heteroatoms. The van der Waals surface area contributed by atoms with Crippen LogP contribution in [0.5, 0.6) is 0 Å². The second kappa shape index (κ2) is 5.61. The average molecular weight is 286 g/mol. The maximum Gasteiger partial charge on any atom is 0.271 e. The van der Waals surface area contributed by atoms with Crippen LogP contribution < -0.4 is 5.32 Å². The van der Waals surface area contributed by atoms with Gasteiger partial charge in [0.05, 0.1) is 16.0 Å². The molecular formula is C13H14N6O2. The van der Waals surface area contributed by atoms with Gasteiger partial charge in [-0.1, -0.05) is 0 Å². The number of nitrogens with zero attached hydrogens (tertiary/aromatic N) is 3. The first-order chi connectivity index (χ1) is 10.2. The molecule has 0 fully saturated rings. The van der Waals surface area contributed by atoms with Crippen molar-refractivity contribution in [1.82, 2.24) is 19.9 Å². The molecule has 0 unspecified atom stereocenters. The Kier molecular flexibility index (Phi) is 3.50. The van der Waals surface area contributed by atoms with Gasteiger partial charge in [0.15, 0.2) is 0 Å². The molecular weight excluding hydrogens is 272 g/mol. The SMILES string of the molecule is O=[N+]([O-])c1ccc2[nH]c(NCCCc3ncc[nH]3)nc2c1. The number of nitrogens with one attached hydrogen (secondary N) is 3. The van der Waals surface area contributed by atoms with Crippen molar-refractivity contribution in [1.29, 1.82) is 0 Å². The fourth-order valence-corrected chi connectivity index (χ4v) is 2.09. The third-order valence-corrected chi connectivity index (χ3v) is 3.12. The lowest BCUT2D eigenvalue weighted by atomic mass is 10.3. The van der Waals surface area contributed by atoms with Gasteiger partial charge in [0.25, 0.3) is 5.69 Å². The monoisotopic (exact) mass is 286 g/mol. The number of nitro benzene ring substituents is 1. The minimum atomic E-state index is -0.426. The molecule has 0 aliphatic heterocycles. The molecule has 0 saturated heterocycles. The lowest BCUT2D eigenvalue weighted by Crippen LogP contribution is -2.04. The van der Waals surface area contributed by atoms with E-state index in [-0.39, 0.29) is 5.69 Å². The molecule has 8 nitrogen and oxygen atoms in total. The Morgan fingerprint density at radius 1 is 1.38 bits per heavy atom. The first-order valence-electron chi connectivity index (χ1n) is 6.58. The number of aryl methyl sites for hydroxylation is 1. The molecule has 2 aromatic heterocycles. The predicted molar refractivity (Wildman–Crippen MR) is 78.1 cm³/mol. The van der Waals surface area contributed by atoms with Crippen LogP contribution in [-0.2, 0) is 6.42 Å². The fraction of sp³-hybridized carbons (Fsp3) is 0.231. The molecule has 3 N–H and O–H groups in total. The second-order valence-electron chi connectivity index (χ2n) is 4.61. The summed E-state index contributed by atoms with van der Waals surface area (Å²) in [4.78, 5) is 24.9. The van der Waals surface area contributed by atoms with Crippen LogP contribution in [0, 0.1) is 10.1 Å². The number of aromatic amines is 2. The molecule has 3 rings (SSSR count). The Balaban J connectivity index is 1.60. The third kappa shape index (κ3) is 2.99. The van der Waals surface area contributed by atoms with Crippen molar-refractivity contribution in [2.45, 2.75) is 12.8 Å². The van der Waals surface area contributed by atoms with Gasteiger partial charge in [-0.15, -0.1) is 0 Å². The summed E-state index contributed by atoms with van der Waals surface area (Å²) < 4.78 is 0. The molecule has 0 atom stereocenters. The predicted octanol–water partition coefficient (Wildman–Crippen LogP) is 2.24. The highest BCUT2D eigenvalue weighted by atomic mass is 16.6. The Labute approximate surface area is 119 Å². The van der Waals surface area contributed by atoms with Gasteiger partial charge >= 0.3 is 0 Å². The van der Waals surface area contributed by atoms with Crippen molar-refractivity contribution >= 4 is 22.7 Å². The lowest BCUT2D eigenvalue weighted by molar-refractivity contribution is -0.384. The number of rotatable bonds is 6. The minimum Gasteiger partial charge on any atom is -0.356 e. The molecule has 0 radical (unpaired) electrons. The van der Waals surface area contributed by atoms with E-state index in [2.05, 4.69) is 25.3 Å². The number of anilines is 1. The zero-order chi connectivity index (χ0) is 14.7. The summed E-state index contributed by atoms with van der Waals surface area (Å²) in [5.41, 5.74) is 1.39. The molecule has 21 heavy (non-hydrogen) atoms. The van der Waals surface area contributed by atoms with Crippen molar-refractivity contribution in [2.24, 2.45) is 0 Å². The third-order valence-electron chi connectivity index (χ3n) is 3.12.